The van der Waals surface area contributed by atoms with E-state index in [9.17, 15) is 8.78 Å². The normalized spacial score (nSPS) is 9.64. The van der Waals surface area contributed by atoms with E-state index in [-0.39, 0.29) is 11.3 Å². The van der Waals surface area contributed by atoms with Crippen LogP contribution in [-0.2, 0) is 0 Å². The average molecular weight is 199 g/mol. The summed E-state index contributed by atoms with van der Waals surface area (Å²) in [5, 5.41) is 8.62. The number of hydrogen-bond donors (Lipinski definition) is 2. The zero-order chi connectivity index (χ0) is 10.6. The number of hydrogen-bond acceptors (Lipinski definition) is 4. The molecule has 0 aliphatic rings. The molecule has 14 heavy (non-hydrogen) atoms. The molecule has 0 saturated carbocycles. The molecule has 0 aliphatic carbocycles. The molecule has 0 spiro atoms. The van der Waals surface area contributed by atoms with Crippen LogP contribution in [0.4, 0.5) is 14.5 Å². The molecule has 1 aromatic carbocycles. The van der Waals surface area contributed by atoms with Crippen LogP contribution in [0.2, 0.25) is 0 Å². The first-order valence-electron chi connectivity index (χ1n) is 3.63. The van der Waals surface area contributed by atoms with E-state index in [4.69, 9.17) is 11.1 Å². The Bertz CT molecular complexity index is 362. The smallest absolute Gasteiger partial charge is 0.387 e. The Labute approximate surface area is 78.9 Å². The fraction of sp³-hybridized carbons (Fsp3) is 0.125. The van der Waals surface area contributed by atoms with Gasteiger partial charge in [-0.15, -0.1) is 0 Å². The van der Waals surface area contributed by atoms with Crippen molar-refractivity contribution >= 4 is 5.69 Å². The van der Waals surface area contributed by atoms with Crippen LogP contribution in [-0.4, -0.2) is 6.61 Å². The Balaban J connectivity index is 2.97. The molecule has 0 amide bonds. The third-order valence-electron chi connectivity index (χ3n) is 1.49. The van der Waals surface area contributed by atoms with Crippen LogP contribution in [0, 0.1) is 11.3 Å². The molecule has 0 saturated heterocycles. The summed E-state index contributed by atoms with van der Waals surface area (Å²) in [4.78, 5) is 0. The van der Waals surface area contributed by atoms with E-state index in [2.05, 4.69) is 10.2 Å². The van der Waals surface area contributed by atoms with Crippen molar-refractivity contribution in [2.75, 3.05) is 5.43 Å². The van der Waals surface area contributed by atoms with E-state index in [1.165, 1.54) is 18.2 Å². The van der Waals surface area contributed by atoms with Gasteiger partial charge in [-0.1, -0.05) is 0 Å². The Hall–Kier alpha value is -1.87. The number of nitrogens with two attached hydrogens (primary N) is 1. The Morgan fingerprint density at radius 3 is 2.71 bits per heavy atom. The van der Waals surface area contributed by atoms with E-state index in [0.29, 0.717) is 5.69 Å². The van der Waals surface area contributed by atoms with Crippen molar-refractivity contribution in [3.05, 3.63) is 23.8 Å². The van der Waals surface area contributed by atoms with Crippen LogP contribution < -0.4 is 16.0 Å². The second-order valence-electron chi connectivity index (χ2n) is 2.34. The molecular formula is C8H7F2N3O. The predicted molar refractivity (Wildman–Crippen MR) is 45.6 cm³/mol. The second-order valence-corrected chi connectivity index (χ2v) is 2.34. The highest BCUT2D eigenvalue weighted by atomic mass is 19.3. The molecule has 0 heterocycles. The zero-order valence-corrected chi connectivity index (χ0v) is 7.00. The molecule has 1 rings (SSSR count). The SMILES string of the molecule is N#Cc1cc(OC(F)F)ccc1NN. The van der Waals surface area contributed by atoms with Crippen molar-refractivity contribution in [1.82, 2.24) is 0 Å². The lowest BCUT2D eigenvalue weighted by Gasteiger charge is -2.07. The lowest BCUT2D eigenvalue weighted by atomic mass is 10.2. The quantitative estimate of drug-likeness (QED) is 0.570. The zero-order valence-electron chi connectivity index (χ0n) is 7.00. The monoisotopic (exact) mass is 199 g/mol. The number of nitrogen functional groups attached to an aromatic ring is 1. The number of anilines is 1. The standard InChI is InChI=1S/C8H7F2N3O/c9-8(10)14-6-1-2-7(13-12)5(3-6)4-11/h1-3,8,13H,12H2. The summed E-state index contributed by atoms with van der Waals surface area (Å²) >= 11 is 0. The number of hydrazine groups is 1. The number of halogens is 2. The van der Waals surface area contributed by atoms with Gasteiger partial charge in [0.1, 0.15) is 11.8 Å². The molecule has 0 unspecified atom stereocenters. The van der Waals surface area contributed by atoms with Gasteiger partial charge >= 0.3 is 6.61 Å². The fourth-order valence-corrected chi connectivity index (χ4v) is 0.918. The van der Waals surface area contributed by atoms with Crippen molar-refractivity contribution in [3.63, 3.8) is 0 Å². The maximum absolute atomic E-state index is 11.8. The van der Waals surface area contributed by atoms with Gasteiger partial charge in [-0.25, -0.2) is 0 Å². The van der Waals surface area contributed by atoms with Gasteiger partial charge in [-0.05, 0) is 12.1 Å². The van der Waals surface area contributed by atoms with Crippen LogP contribution >= 0.6 is 0 Å². The van der Waals surface area contributed by atoms with Crippen LogP contribution in [0.25, 0.3) is 0 Å². The summed E-state index contributed by atoms with van der Waals surface area (Å²) in [5.41, 5.74) is 2.76. The van der Waals surface area contributed by atoms with Crippen LogP contribution in [0.15, 0.2) is 18.2 Å². The van der Waals surface area contributed by atoms with Crippen molar-refractivity contribution < 1.29 is 13.5 Å². The minimum Gasteiger partial charge on any atom is -0.435 e. The van der Waals surface area contributed by atoms with Crippen molar-refractivity contribution in [1.29, 1.82) is 5.26 Å². The predicted octanol–water partition coefficient (Wildman–Crippen LogP) is 1.45. The summed E-state index contributed by atoms with van der Waals surface area (Å²) in [6.45, 7) is -2.90. The summed E-state index contributed by atoms with van der Waals surface area (Å²) in [5.74, 6) is 5.01. The number of ether oxygens (including phenoxy) is 1. The van der Waals surface area contributed by atoms with E-state index in [1.807, 2.05) is 0 Å². The molecule has 0 atom stereocenters. The maximum atomic E-state index is 11.8. The first-order chi connectivity index (χ1) is 6.67. The molecule has 3 N–H and O–H groups in total. The van der Waals surface area contributed by atoms with Crippen LogP contribution in [0.1, 0.15) is 5.56 Å². The Morgan fingerprint density at radius 2 is 2.21 bits per heavy atom. The van der Waals surface area contributed by atoms with Crippen LogP contribution in [0.5, 0.6) is 5.75 Å². The molecule has 0 fully saturated rings. The van der Waals surface area contributed by atoms with Gasteiger partial charge in [-0.2, -0.15) is 14.0 Å². The lowest BCUT2D eigenvalue weighted by Crippen LogP contribution is -2.09. The fourth-order valence-electron chi connectivity index (χ4n) is 0.918. The highest BCUT2D eigenvalue weighted by molar-refractivity contribution is 5.59. The van der Waals surface area contributed by atoms with Crippen LogP contribution in [0.3, 0.4) is 0 Å². The van der Waals surface area contributed by atoms with Gasteiger partial charge in [0.25, 0.3) is 0 Å². The van der Waals surface area contributed by atoms with Gasteiger partial charge < -0.3 is 10.2 Å². The van der Waals surface area contributed by atoms with Gasteiger partial charge in [0.2, 0.25) is 0 Å². The highest BCUT2D eigenvalue weighted by Gasteiger charge is 2.07. The molecule has 1 aromatic rings. The average Bonchev–Trinajstić information content (AvgIpc) is 2.16. The van der Waals surface area contributed by atoms with Gasteiger partial charge in [0.05, 0.1) is 11.3 Å². The third-order valence-corrected chi connectivity index (χ3v) is 1.49. The number of nitriles is 1. The molecule has 0 bridgehead atoms. The summed E-state index contributed by atoms with van der Waals surface area (Å²) < 4.78 is 27.7. The van der Waals surface area contributed by atoms with Crippen molar-refractivity contribution in [2.45, 2.75) is 6.61 Å². The molecular weight excluding hydrogens is 192 g/mol. The van der Waals surface area contributed by atoms with E-state index in [0.717, 1.165) is 0 Å². The van der Waals surface area contributed by atoms with E-state index in [1.54, 1.807) is 6.07 Å². The molecule has 4 nitrogen and oxygen atoms in total. The second kappa shape index (κ2) is 4.39. The first-order valence-corrected chi connectivity index (χ1v) is 3.63. The molecule has 0 radical (unpaired) electrons. The topological polar surface area (TPSA) is 71.1 Å². The van der Waals surface area contributed by atoms with Gasteiger partial charge in [-0.3, -0.25) is 5.84 Å². The maximum Gasteiger partial charge on any atom is 0.387 e. The van der Waals surface area contributed by atoms with E-state index >= 15 is 0 Å². The van der Waals surface area contributed by atoms with Crippen molar-refractivity contribution in [2.24, 2.45) is 5.84 Å². The van der Waals surface area contributed by atoms with Gasteiger partial charge in [0.15, 0.2) is 0 Å². The molecule has 0 aliphatic heterocycles. The number of nitrogens with one attached hydrogen (secondary N) is 1. The first kappa shape index (κ1) is 10.2. The summed E-state index contributed by atoms with van der Waals surface area (Å²) in [7, 11) is 0. The molecule has 0 aromatic heterocycles. The largest absolute Gasteiger partial charge is 0.435 e. The molecule has 74 valence electrons. The number of benzene rings is 1. The highest BCUT2D eigenvalue weighted by Crippen LogP contribution is 2.21. The third kappa shape index (κ3) is 2.31. The summed E-state index contributed by atoms with van der Waals surface area (Å²) in [6, 6.07) is 5.65. The van der Waals surface area contributed by atoms with E-state index < -0.39 is 6.61 Å². The minimum atomic E-state index is -2.90. The molecule has 6 heteroatoms. The number of nitrogens with zero attached hydrogens (tertiary/aromatic N) is 1. The number of rotatable bonds is 3. The Morgan fingerprint density at radius 1 is 1.50 bits per heavy atom. The lowest BCUT2D eigenvalue weighted by molar-refractivity contribution is -0.0498. The number of alkyl halides is 2. The minimum absolute atomic E-state index is 0.0736. The van der Waals surface area contributed by atoms with Gasteiger partial charge in [0, 0.05) is 6.07 Å². The summed E-state index contributed by atoms with van der Waals surface area (Å²) in [6.07, 6.45) is 0. The Kier molecular flexibility index (Phi) is 3.20. The van der Waals surface area contributed by atoms with Crippen molar-refractivity contribution in [3.8, 4) is 11.8 Å².